The van der Waals surface area contributed by atoms with Crippen molar-refractivity contribution in [3.05, 3.63) is 306 Å². The molecule has 0 bridgehead atoms. The highest BCUT2D eigenvalue weighted by Gasteiger charge is 2.10. The third-order valence-electron chi connectivity index (χ3n) is 17.3. The van der Waals surface area contributed by atoms with Gasteiger partial charge in [-0.05, 0) is 130 Å². The molecular weight excluding hydrogens is 1670 g/mol. The minimum absolute atomic E-state index is 0.391. The van der Waals surface area contributed by atoms with Gasteiger partial charge in [-0.2, -0.15) is 0 Å². The van der Waals surface area contributed by atoms with Crippen molar-refractivity contribution < 1.29 is 9.47 Å². The van der Waals surface area contributed by atoms with Crippen molar-refractivity contribution in [1.29, 1.82) is 0 Å². The fourth-order valence-electron chi connectivity index (χ4n) is 10.4. The average Bonchev–Trinajstić information content (AvgIpc) is 1.65. The van der Waals surface area contributed by atoms with E-state index in [9.17, 15) is 0 Å². The quantitative estimate of drug-likeness (QED) is 0.0164. The van der Waals surface area contributed by atoms with Gasteiger partial charge in [0.2, 0.25) is 5.95 Å². The van der Waals surface area contributed by atoms with E-state index in [0.29, 0.717) is 84.1 Å². The molecule has 1 fully saturated rings. The van der Waals surface area contributed by atoms with Crippen molar-refractivity contribution >= 4 is 34.3 Å². The number of hydrogen-bond donors (Lipinski definition) is 12. The van der Waals surface area contributed by atoms with Crippen molar-refractivity contribution in [2.24, 2.45) is 0 Å². The number of anilines is 3. The highest BCUT2D eigenvalue weighted by atomic mass is 32.1. The zero-order chi connectivity index (χ0) is 98.3. The van der Waals surface area contributed by atoms with E-state index in [1.165, 1.54) is 39.8 Å². The number of pyridine rings is 3. The summed E-state index contributed by atoms with van der Waals surface area (Å²) in [6.45, 7) is 71.2. The van der Waals surface area contributed by atoms with Crippen molar-refractivity contribution in [3.63, 3.8) is 0 Å². The summed E-state index contributed by atoms with van der Waals surface area (Å²) in [6, 6.07) is 58.5. The van der Waals surface area contributed by atoms with Gasteiger partial charge in [-0.3, -0.25) is 29.8 Å². The Balaban J connectivity index is 0.000000726. The lowest BCUT2D eigenvalue weighted by Gasteiger charge is -2.26. The summed E-state index contributed by atoms with van der Waals surface area (Å²) >= 11 is 1.69. The topological polar surface area (TPSA) is 299 Å². The van der Waals surface area contributed by atoms with Crippen LogP contribution < -0.4 is 68.5 Å². The van der Waals surface area contributed by atoms with Crippen molar-refractivity contribution in [2.75, 3.05) is 62.5 Å². The molecule has 1 saturated heterocycles. The van der Waals surface area contributed by atoms with Gasteiger partial charge in [0.15, 0.2) is 5.69 Å². The summed E-state index contributed by atoms with van der Waals surface area (Å²) in [7, 11) is 1.68. The van der Waals surface area contributed by atoms with Crippen LogP contribution in [0.25, 0.3) is 4.85 Å². The van der Waals surface area contributed by atoms with E-state index in [2.05, 4.69) is 344 Å². The van der Waals surface area contributed by atoms with Crippen LogP contribution in [0.3, 0.4) is 0 Å². The Morgan fingerprint density at radius 1 is 0.346 bits per heavy atom. The maximum absolute atomic E-state index is 6.86. The Morgan fingerprint density at radius 2 is 0.797 bits per heavy atom. The molecule has 7 aromatic heterocycles. The number of benzene rings is 4. The molecule has 11 aromatic rings. The van der Waals surface area contributed by atoms with Crippen LogP contribution in [0.2, 0.25) is 0 Å². The summed E-state index contributed by atoms with van der Waals surface area (Å²) in [6.07, 6.45) is 24.6. The van der Waals surface area contributed by atoms with Crippen LogP contribution in [0.5, 0.6) is 5.75 Å². The first-order valence-electron chi connectivity index (χ1n) is 47.0. The Morgan fingerprint density at radius 3 is 1.27 bits per heavy atom. The molecule has 0 amide bonds. The molecule has 8 heterocycles. The van der Waals surface area contributed by atoms with Crippen LogP contribution in [0.4, 0.5) is 23.0 Å². The number of methoxy groups -OCH3 is 1. The molecule has 0 aliphatic carbocycles. The minimum atomic E-state index is 0.391. The average molecular weight is 1840 g/mol. The number of nitrogens with one attached hydrogen (secondary N) is 12. The molecule has 0 spiro atoms. The molecule has 12 rings (SSSR count). The molecular formula is C106H168N24O2S. The highest BCUT2D eigenvalue weighted by molar-refractivity contribution is 7.09. The predicted octanol–water partition coefficient (Wildman–Crippen LogP) is 19.9. The van der Waals surface area contributed by atoms with E-state index in [1.807, 2.05) is 133 Å². The molecule has 1 aliphatic heterocycles. The number of thiazole rings is 1. The molecule has 0 unspecified atom stereocenters. The second-order valence-corrected chi connectivity index (χ2v) is 35.6. The lowest BCUT2D eigenvalue weighted by molar-refractivity contribution is 0.0382. The Hall–Kier alpha value is -10.6. The number of para-hydroxylation sites is 1. The van der Waals surface area contributed by atoms with Crippen LogP contribution in [0.15, 0.2) is 250 Å². The Labute approximate surface area is 806 Å². The third-order valence-corrected chi connectivity index (χ3v) is 18.0. The van der Waals surface area contributed by atoms with Gasteiger partial charge >= 0.3 is 0 Å². The molecule has 0 saturated carbocycles. The maximum atomic E-state index is 6.86. The zero-order valence-electron chi connectivity index (χ0n) is 85.1. The Bertz CT molecular complexity index is 3990. The lowest BCUT2D eigenvalue weighted by atomic mass is 10.2. The van der Waals surface area contributed by atoms with Gasteiger partial charge in [0.25, 0.3) is 0 Å². The van der Waals surface area contributed by atoms with E-state index < -0.39 is 0 Å². The number of morpholine rings is 1. The van der Waals surface area contributed by atoms with Crippen molar-refractivity contribution in [3.8, 4) is 5.75 Å². The van der Waals surface area contributed by atoms with Gasteiger partial charge in [0.1, 0.15) is 17.1 Å². The first-order chi connectivity index (χ1) is 63.8. The number of hydrogen-bond acceptors (Lipinski definition) is 26. The normalized spacial score (nSPS) is 11.2. The molecule has 26 nitrogen and oxygen atoms in total. The molecule has 730 valence electrons. The van der Waals surface area contributed by atoms with Crippen LogP contribution in [-0.2, 0) is 57.1 Å². The fourth-order valence-corrected chi connectivity index (χ4v) is 11.0. The van der Waals surface area contributed by atoms with Gasteiger partial charge in [-0.1, -0.05) is 222 Å². The summed E-state index contributed by atoms with van der Waals surface area (Å²) in [5.74, 6) is 1.60. The predicted molar refractivity (Wildman–Crippen MR) is 562 cm³/mol. The van der Waals surface area contributed by atoms with E-state index in [1.54, 1.807) is 74.1 Å². The van der Waals surface area contributed by atoms with Crippen LogP contribution >= 0.6 is 11.3 Å². The summed E-state index contributed by atoms with van der Waals surface area (Å²) < 4.78 is 10.3. The van der Waals surface area contributed by atoms with Gasteiger partial charge in [0, 0.05) is 230 Å². The Kier molecular flexibility index (Phi) is 72.4. The zero-order valence-corrected chi connectivity index (χ0v) is 85.9. The molecule has 1 aliphatic rings. The number of ether oxygens (including phenoxy) is 2. The fraction of sp³-hybridized carbons (Fsp3) is 0.481. The number of rotatable bonds is 35. The van der Waals surface area contributed by atoms with Gasteiger partial charge in [0.05, 0.1) is 56.4 Å². The van der Waals surface area contributed by atoms with E-state index in [4.69, 9.17) is 16.0 Å². The summed E-state index contributed by atoms with van der Waals surface area (Å²) in [4.78, 5) is 45.9. The molecule has 0 atom stereocenters. The van der Waals surface area contributed by atoms with Crippen LogP contribution in [0, 0.1) is 6.57 Å². The van der Waals surface area contributed by atoms with E-state index in [-0.39, 0.29) is 0 Å². The third kappa shape index (κ3) is 76.6. The summed E-state index contributed by atoms with van der Waals surface area (Å²) in [5, 5.41) is 42.7. The largest absolute Gasteiger partial charge is 0.497 e. The van der Waals surface area contributed by atoms with Gasteiger partial charge in [-0.15, -0.1) is 11.3 Å². The molecule has 27 heteroatoms. The standard InChI is InChI=1S/C11H14N2.C11H17NO.C10H15N.C9H20N2O.3C9H14N2.C9H13N.C8H13N3.2C7H11N3.C7H12N2S/c1-9(2)13-8-10-5-4-6-11(7-10)12-3;1-9(2)12-8-10-4-6-11(13-3)7-5-10;1-9(2)11-8-10-6-4-3-5-7-10;1-9(2)10-3-4-11-5-7-12-8-6-11;1-8(2)11-7-9-3-5-10-6-4-9;1-8(2)11-7-9-4-3-5-10-6-9;1-8(2)11-7-9-5-3-4-6-10-9;1-8(2)10-9-6-4-3-5-7-9;1-7(2)11-6-8-5-9-3-4-10-8;1-6(2)10-7-3-8-5-9-4-7;1-6(2)10-7-8-4-3-5-9-7;1-6(2)9-5-7-8-3-4-10-7/h4-7,9,13H,8H2,1-2H3;4-7,9,12H,8H2,1-3H3;3-7,9,11H,8H2,1-2H3;9-10H,3-8H2,1-2H3;3*3-6,8,11H,7H2,1-2H3;3-8,10H,1-2H3;3-5,7,11H,6H2,1-2H3;3-6,10H,1-2H3;3-6H,1-2H3,(H,8,9,10);3-4,6,9H,5H2,1-2H3. The molecule has 0 radical (unpaired) electrons. The first-order valence-corrected chi connectivity index (χ1v) is 47.9. The first kappa shape index (κ1) is 120. The van der Waals surface area contributed by atoms with Crippen molar-refractivity contribution in [1.82, 2.24) is 103 Å². The van der Waals surface area contributed by atoms with Gasteiger partial charge < -0.3 is 73.3 Å². The maximum Gasteiger partial charge on any atom is 0.222 e. The monoisotopic (exact) mass is 1840 g/mol. The molecule has 133 heavy (non-hydrogen) atoms. The number of nitrogens with zero attached hydrogens (tertiary/aromatic N) is 12. The molecule has 4 aromatic carbocycles. The minimum Gasteiger partial charge on any atom is -0.497 e. The van der Waals surface area contributed by atoms with E-state index >= 15 is 0 Å². The second-order valence-electron chi connectivity index (χ2n) is 34.6. The van der Waals surface area contributed by atoms with Crippen LogP contribution in [0.1, 0.15) is 210 Å². The van der Waals surface area contributed by atoms with Crippen LogP contribution in [-0.4, -0.2) is 174 Å². The smallest absolute Gasteiger partial charge is 0.222 e. The highest BCUT2D eigenvalue weighted by Crippen LogP contribution is 2.15. The lowest BCUT2D eigenvalue weighted by Crippen LogP contribution is -2.41. The van der Waals surface area contributed by atoms with E-state index in [0.717, 1.165) is 120 Å². The number of aromatic nitrogens is 10. The summed E-state index contributed by atoms with van der Waals surface area (Å²) in [5.41, 5.74) is 11.3. The van der Waals surface area contributed by atoms with Crippen molar-refractivity contribution in [2.45, 2.75) is 291 Å². The molecule has 12 N–H and O–H groups in total. The SMILES string of the molecule is CC(C)NCCN1CCOCC1.CC(C)NCc1ccccc1.CC(C)NCc1ccccn1.CC(C)NCc1cccnc1.CC(C)NCc1ccncc1.CC(C)NCc1cnccn1.CC(C)NCc1nccs1.CC(C)Nc1ccccc1.CC(C)Nc1cncnc1.CC(C)Nc1ncccn1.COc1ccc(CNC(C)C)cc1.[C-]#[N+]c1cccc(CNC(C)C)c1. The second kappa shape index (κ2) is 80.0. The van der Waals surface area contributed by atoms with Gasteiger partial charge in [-0.25, -0.2) is 29.8 Å².